The Hall–Kier alpha value is -0.880. The molecule has 0 aromatic rings. The summed E-state index contributed by atoms with van der Waals surface area (Å²) in [6.07, 6.45) is 0.948. The van der Waals surface area contributed by atoms with Crippen LogP contribution >= 0.6 is 0 Å². The highest BCUT2D eigenvalue weighted by atomic mass is 16.3. The van der Waals surface area contributed by atoms with Gasteiger partial charge in [0.05, 0.1) is 6.04 Å². The summed E-state index contributed by atoms with van der Waals surface area (Å²) >= 11 is 0. The van der Waals surface area contributed by atoms with Crippen molar-refractivity contribution in [2.75, 3.05) is 13.1 Å². The van der Waals surface area contributed by atoms with Gasteiger partial charge in [-0.15, -0.1) is 0 Å². The monoisotopic (exact) mass is 271 g/mol. The Morgan fingerprint density at radius 2 is 1.42 bits per heavy atom. The van der Waals surface area contributed by atoms with E-state index >= 15 is 0 Å². The molecule has 6 heteroatoms. The summed E-state index contributed by atoms with van der Waals surface area (Å²) in [5, 5.41) is 13.4. The Bertz CT molecular complexity index is 263. The molecule has 0 saturated carbocycles. The van der Waals surface area contributed by atoms with Crippen LogP contribution in [-0.2, 0) is 0 Å². The van der Waals surface area contributed by atoms with Crippen LogP contribution in [0.4, 0.5) is 0 Å². The number of hydrogen-bond donors (Lipinski definition) is 3. The molecule has 0 aliphatic heterocycles. The molecule has 0 aliphatic carbocycles. The lowest BCUT2D eigenvalue weighted by atomic mass is 9.96. The third kappa shape index (κ3) is 6.20. The van der Waals surface area contributed by atoms with Crippen molar-refractivity contribution in [2.24, 2.45) is 10.3 Å². The van der Waals surface area contributed by atoms with Crippen LogP contribution in [0.25, 0.3) is 0 Å². The highest BCUT2D eigenvalue weighted by molar-refractivity contribution is 4.89. The normalized spacial score (nSPS) is 15.9. The fourth-order valence-electron chi connectivity index (χ4n) is 1.50. The lowest BCUT2D eigenvalue weighted by Gasteiger charge is -2.31. The van der Waals surface area contributed by atoms with E-state index in [1.54, 1.807) is 0 Å². The minimum Gasteiger partial charge on any atom is -0.310 e. The summed E-state index contributed by atoms with van der Waals surface area (Å²) in [5.41, 5.74) is 6.62. The first-order valence-corrected chi connectivity index (χ1v) is 6.86. The Labute approximate surface area is 116 Å². The van der Waals surface area contributed by atoms with Gasteiger partial charge in [-0.05, 0) is 61.1 Å². The highest BCUT2D eigenvalue weighted by Crippen LogP contribution is 2.13. The smallest absolute Gasteiger partial charge is 0.107 e. The molecule has 2 atom stereocenters. The van der Waals surface area contributed by atoms with E-state index in [0.29, 0.717) is 0 Å². The predicted octanol–water partition coefficient (Wildman–Crippen LogP) is 2.69. The maximum Gasteiger partial charge on any atom is 0.107 e. The standard InChI is InChI=1S/C13H29N5O/c1-10(17-14)12(3,4)15-8-7-9-16-13(5,6)11(2)18-19/h10-11,14-16H,7-9H2,1-6H3. The number of nitrogens with one attached hydrogen (secondary N) is 3. The quantitative estimate of drug-likeness (QED) is 0.324. The van der Waals surface area contributed by atoms with Gasteiger partial charge in [0, 0.05) is 11.1 Å². The fourth-order valence-corrected chi connectivity index (χ4v) is 1.50. The van der Waals surface area contributed by atoms with Crippen molar-refractivity contribution in [3.63, 3.8) is 0 Å². The number of rotatable bonds is 10. The van der Waals surface area contributed by atoms with Crippen molar-refractivity contribution < 1.29 is 0 Å². The van der Waals surface area contributed by atoms with Crippen molar-refractivity contribution in [2.45, 2.75) is 71.1 Å². The van der Waals surface area contributed by atoms with Crippen molar-refractivity contribution in [1.29, 1.82) is 5.53 Å². The number of nitrogens with zero attached hydrogens (tertiary/aromatic N) is 2. The maximum absolute atomic E-state index is 10.5. The van der Waals surface area contributed by atoms with Crippen LogP contribution in [-0.4, -0.2) is 36.3 Å². The second kappa shape index (κ2) is 7.65. The van der Waals surface area contributed by atoms with Gasteiger partial charge in [-0.3, -0.25) is 0 Å². The molecule has 0 rings (SSSR count). The van der Waals surface area contributed by atoms with Gasteiger partial charge in [-0.25, -0.2) is 5.53 Å². The van der Waals surface area contributed by atoms with Gasteiger partial charge < -0.3 is 10.6 Å². The first kappa shape index (κ1) is 18.1. The molecule has 19 heavy (non-hydrogen) atoms. The molecule has 0 heterocycles. The molecule has 0 radical (unpaired) electrons. The first-order chi connectivity index (χ1) is 8.67. The SMILES string of the molecule is CC(N=N)C(C)(C)NCCCNC(C)(C)C(C)N=O. The largest absolute Gasteiger partial charge is 0.310 e. The minimum atomic E-state index is -0.277. The van der Waals surface area contributed by atoms with E-state index in [-0.39, 0.29) is 23.2 Å². The van der Waals surface area contributed by atoms with Crippen molar-refractivity contribution in [3.05, 3.63) is 4.91 Å². The molecule has 0 spiro atoms. The molecule has 0 aromatic heterocycles. The Kier molecular flexibility index (Phi) is 7.29. The van der Waals surface area contributed by atoms with E-state index in [2.05, 4.69) is 20.9 Å². The molecule has 0 aromatic carbocycles. The van der Waals surface area contributed by atoms with Crippen LogP contribution in [0.5, 0.6) is 0 Å². The Morgan fingerprint density at radius 1 is 1.00 bits per heavy atom. The average Bonchev–Trinajstić information content (AvgIpc) is 2.35. The summed E-state index contributed by atoms with van der Waals surface area (Å²) in [6.45, 7) is 13.5. The van der Waals surface area contributed by atoms with Crippen LogP contribution in [0, 0.1) is 10.4 Å². The van der Waals surface area contributed by atoms with Crippen LogP contribution in [0.15, 0.2) is 10.3 Å². The van der Waals surface area contributed by atoms with Gasteiger partial charge in [0.25, 0.3) is 0 Å². The molecular weight excluding hydrogens is 242 g/mol. The minimum absolute atomic E-state index is 0.0452. The zero-order valence-corrected chi connectivity index (χ0v) is 13.1. The molecule has 3 N–H and O–H groups in total. The molecule has 0 saturated heterocycles. The maximum atomic E-state index is 10.5. The second-order valence-corrected chi connectivity index (χ2v) is 6.24. The van der Waals surface area contributed by atoms with Crippen molar-refractivity contribution in [3.8, 4) is 0 Å². The Balaban J connectivity index is 3.94. The van der Waals surface area contributed by atoms with Gasteiger partial charge in [0.1, 0.15) is 6.04 Å². The summed E-state index contributed by atoms with van der Waals surface area (Å²) in [5.74, 6) is 0. The van der Waals surface area contributed by atoms with E-state index < -0.39 is 0 Å². The van der Waals surface area contributed by atoms with E-state index in [0.717, 1.165) is 19.5 Å². The van der Waals surface area contributed by atoms with Gasteiger partial charge in [0.15, 0.2) is 0 Å². The Morgan fingerprint density at radius 3 is 1.79 bits per heavy atom. The summed E-state index contributed by atoms with van der Waals surface area (Å²) in [7, 11) is 0. The van der Waals surface area contributed by atoms with Gasteiger partial charge in [-0.1, -0.05) is 5.18 Å². The van der Waals surface area contributed by atoms with E-state index in [1.807, 2.05) is 41.5 Å². The fraction of sp³-hybridized carbons (Fsp3) is 1.00. The third-order valence-electron chi connectivity index (χ3n) is 3.96. The van der Waals surface area contributed by atoms with Crippen molar-refractivity contribution >= 4 is 0 Å². The molecule has 0 amide bonds. The van der Waals surface area contributed by atoms with E-state index in [1.165, 1.54) is 0 Å². The van der Waals surface area contributed by atoms with E-state index in [4.69, 9.17) is 5.53 Å². The average molecular weight is 271 g/mol. The molecule has 6 nitrogen and oxygen atoms in total. The lowest BCUT2D eigenvalue weighted by molar-refractivity contribution is 0.305. The summed E-state index contributed by atoms with van der Waals surface area (Å²) in [4.78, 5) is 10.5. The lowest BCUT2D eigenvalue weighted by Crippen LogP contribution is -2.50. The molecule has 0 fully saturated rings. The van der Waals surface area contributed by atoms with Crippen LogP contribution in [0.3, 0.4) is 0 Å². The first-order valence-electron chi connectivity index (χ1n) is 6.86. The predicted molar refractivity (Wildman–Crippen MR) is 78.6 cm³/mol. The summed E-state index contributed by atoms with van der Waals surface area (Å²) in [6, 6.07) is -0.296. The van der Waals surface area contributed by atoms with Crippen LogP contribution in [0.1, 0.15) is 48.0 Å². The topological polar surface area (TPSA) is 89.7 Å². The van der Waals surface area contributed by atoms with Crippen molar-refractivity contribution in [1.82, 2.24) is 10.6 Å². The summed E-state index contributed by atoms with van der Waals surface area (Å²) < 4.78 is 0. The zero-order valence-electron chi connectivity index (χ0n) is 13.1. The van der Waals surface area contributed by atoms with Crippen LogP contribution in [0.2, 0.25) is 0 Å². The number of hydrogen-bond acceptors (Lipinski definition) is 6. The molecule has 2 unspecified atom stereocenters. The highest BCUT2D eigenvalue weighted by Gasteiger charge is 2.26. The zero-order chi connectivity index (χ0) is 15.1. The van der Waals surface area contributed by atoms with Crippen LogP contribution < -0.4 is 10.6 Å². The second-order valence-electron chi connectivity index (χ2n) is 6.24. The van der Waals surface area contributed by atoms with Gasteiger partial charge in [-0.2, -0.15) is 10.0 Å². The van der Waals surface area contributed by atoms with Gasteiger partial charge >= 0.3 is 0 Å². The third-order valence-corrected chi connectivity index (χ3v) is 3.96. The molecule has 112 valence electrons. The molecule has 0 bridgehead atoms. The molecule has 0 aliphatic rings. The van der Waals surface area contributed by atoms with E-state index in [9.17, 15) is 4.91 Å². The number of nitroso groups, excluding NO2 is 1. The van der Waals surface area contributed by atoms with Gasteiger partial charge in [0.2, 0.25) is 0 Å². The molecular formula is C13H29N5O.